The molecule has 0 saturated carbocycles. The summed E-state index contributed by atoms with van der Waals surface area (Å²) >= 11 is 0. The van der Waals surface area contributed by atoms with Crippen LogP contribution in [0.4, 0.5) is 0 Å². The van der Waals surface area contributed by atoms with Crippen LogP contribution in [0, 0.1) is 13.8 Å². The highest BCUT2D eigenvalue weighted by Crippen LogP contribution is 2.35. The van der Waals surface area contributed by atoms with Gasteiger partial charge in [0, 0.05) is 10.6 Å². The minimum Gasteiger partial charge on any atom is -0.298 e. The smallest absolute Gasteiger partial charge is 0.154 e. The Kier molecular flexibility index (Phi) is 3.17. The highest BCUT2D eigenvalue weighted by molar-refractivity contribution is 7.36. The predicted octanol–water partition coefficient (Wildman–Crippen LogP) is 4.36. The molecule has 2 aromatic rings. The zero-order chi connectivity index (χ0) is 11.5. The van der Waals surface area contributed by atoms with E-state index in [-0.39, 0.29) is 0 Å². The van der Waals surface area contributed by atoms with Crippen LogP contribution in [0.15, 0.2) is 36.4 Å². The van der Waals surface area contributed by atoms with Gasteiger partial charge in [-0.05, 0) is 36.6 Å². The second-order valence-corrected chi connectivity index (χ2v) is 5.01. The van der Waals surface area contributed by atoms with Gasteiger partial charge in [-0.25, -0.2) is 0 Å². The highest BCUT2D eigenvalue weighted by Gasteiger charge is 2.06. The van der Waals surface area contributed by atoms with Gasteiger partial charge in [0.15, 0.2) is 6.29 Å². The van der Waals surface area contributed by atoms with Gasteiger partial charge in [0.25, 0.3) is 0 Å². The zero-order valence-corrected chi connectivity index (χ0v) is 10.3. The number of hydrogen-bond acceptors (Lipinski definition) is 1. The van der Waals surface area contributed by atoms with Crippen molar-refractivity contribution in [3.8, 4) is 10.9 Å². The number of benzene rings is 1. The van der Waals surface area contributed by atoms with E-state index in [9.17, 15) is 4.79 Å². The van der Waals surface area contributed by atoms with E-state index in [0.717, 1.165) is 19.8 Å². The first-order valence-corrected chi connectivity index (χ1v) is 6.10. The van der Waals surface area contributed by atoms with E-state index in [1.807, 2.05) is 24.3 Å². The monoisotopic (exact) mass is 228 g/mol. The maximum atomic E-state index is 10.9. The third kappa shape index (κ3) is 2.05. The number of carbonyl (C=O) groups excluding carboxylic acids is 1. The number of hydrogen-bond donors (Lipinski definition) is 0. The van der Waals surface area contributed by atoms with Gasteiger partial charge in [-0.3, -0.25) is 4.79 Å². The normalized spacial score (nSPS) is 10.6. The third-order valence-corrected chi connectivity index (χ3v) is 4.03. The minimum absolute atomic E-state index is 0.835. The summed E-state index contributed by atoms with van der Waals surface area (Å²) in [6.07, 6.45) is 0.945. The van der Waals surface area contributed by atoms with E-state index in [2.05, 4.69) is 26.0 Å². The summed E-state index contributed by atoms with van der Waals surface area (Å²) in [4.78, 5) is 10.9. The SMILES string of the molecule is Cc1cc(C=O)pc(-c2ccccc2)c1C. The van der Waals surface area contributed by atoms with Crippen LogP contribution >= 0.6 is 8.19 Å². The van der Waals surface area contributed by atoms with E-state index in [1.165, 1.54) is 22.0 Å². The van der Waals surface area contributed by atoms with Crippen molar-refractivity contribution < 1.29 is 4.79 Å². The Morgan fingerprint density at radius 3 is 2.44 bits per heavy atom. The molecule has 0 saturated heterocycles. The fourth-order valence-corrected chi connectivity index (χ4v) is 2.89. The van der Waals surface area contributed by atoms with Gasteiger partial charge in [0.2, 0.25) is 0 Å². The molecule has 1 nitrogen and oxygen atoms in total. The molecular weight excluding hydrogens is 215 g/mol. The summed E-state index contributed by atoms with van der Waals surface area (Å²) in [5.41, 5.74) is 3.66. The van der Waals surface area contributed by atoms with Gasteiger partial charge < -0.3 is 0 Å². The quantitative estimate of drug-likeness (QED) is 0.698. The molecule has 0 spiro atoms. The van der Waals surface area contributed by atoms with Gasteiger partial charge in [0.1, 0.15) is 0 Å². The Labute approximate surface area is 97.2 Å². The topological polar surface area (TPSA) is 17.1 Å². The van der Waals surface area contributed by atoms with Crippen LogP contribution < -0.4 is 0 Å². The summed E-state index contributed by atoms with van der Waals surface area (Å²) in [5.74, 6) is 0. The molecule has 1 heterocycles. The van der Waals surface area contributed by atoms with Crippen molar-refractivity contribution in [2.24, 2.45) is 0 Å². The molecule has 2 heteroatoms. The molecule has 0 N–H and O–H groups in total. The molecule has 0 aliphatic heterocycles. The van der Waals surface area contributed by atoms with Crippen molar-refractivity contribution in [1.82, 2.24) is 0 Å². The van der Waals surface area contributed by atoms with Crippen molar-refractivity contribution in [1.29, 1.82) is 0 Å². The van der Waals surface area contributed by atoms with Crippen LogP contribution in [-0.4, -0.2) is 6.29 Å². The van der Waals surface area contributed by atoms with Crippen LogP contribution in [0.5, 0.6) is 0 Å². The largest absolute Gasteiger partial charge is 0.298 e. The molecule has 0 aliphatic carbocycles. The Balaban J connectivity index is 2.64. The van der Waals surface area contributed by atoms with E-state index >= 15 is 0 Å². The number of carbonyl (C=O) groups is 1. The summed E-state index contributed by atoms with van der Waals surface area (Å²) in [6.45, 7) is 4.17. The maximum absolute atomic E-state index is 10.9. The highest BCUT2D eigenvalue weighted by atomic mass is 31.0. The van der Waals surface area contributed by atoms with E-state index in [1.54, 1.807) is 0 Å². The Morgan fingerprint density at radius 2 is 1.81 bits per heavy atom. The van der Waals surface area contributed by atoms with E-state index in [4.69, 9.17) is 0 Å². The lowest BCUT2D eigenvalue weighted by molar-refractivity contribution is 0.112. The van der Waals surface area contributed by atoms with E-state index in [0.29, 0.717) is 0 Å². The van der Waals surface area contributed by atoms with Gasteiger partial charge in [0.05, 0.1) is 0 Å². The van der Waals surface area contributed by atoms with Gasteiger partial charge in [-0.15, -0.1) is 0 Å². The molecule has 0 atom stereocenters. The van der Waals surface area contributed by atoms with Crippen molar-refractivity contribution in [3.05, 3.63) is 52.8 Å². The summed E-state index contributed by atoms with van der Waals surface area (Å²) in [6, 6.07) is 12.2. The number of rotatable bonds is 2. The summed E-state index contributed by atoms with van der Waals surface area (Å²) in [5, 5.41) is 2.07. The van der Waals surface area contributed by atoms with Crippen molar-refractivity contribution in [3.63, 3.8) is 0 Å². The lowest BCUT2D eigenvalue weighted by Crippen LogP contribution is -1.87. The van der Waals surface area contributed by atoms with Gasteiger partial charge in [-0.2, -0.15) is 0 Å². The first-order valence-electron chi connectivity index (χ1n) is 5.21. The average molecular weight is 228 g/mol. The molecule has 1 aromatic carbocycles. The number of aldehydes is 1. The second-order valence-electron chi connectivity index (χ2n) is 3.82. The molecule has 0 aliphatic rings. The van der Waals surface area contributed by atoms with Crippen LogP contribution in [0.1, 0.15) is 21.2 Å². The summed E-state index contributed by atoms with van der Waals surface area (Å²) in [7, 11) is 1.01. The Hall–Kier alpha value is -1.46. The molecular formula is C14H13OP. The maximum Gasteiger partial charge on any atom is 0.154 e. The standard InChI is InChI=1S/C14H13OP/c1-10-8-13(9-15)16-14(11(10)2)12-6-4-3-5-7-12/h3-9H,1-2H3. The van der Waals surface area contributed by atoms with Gasteiger partial charge in [-0.1, -0.05) is 38.5 Å². The first-order chi connectivity index (χ1) is 7.72. The van der Waals surface area contributed by atoms with Crippen LogP contribution in [0.3, 0.4) is 0 Å². The molecule has 16 heavy (non-hydrogen) atoms. The lowest BCUT2D eigenvalue weighted by atomic mass is 10.1. The Morgan fingerprint density at radius 1 is 1.12 bits per heavy atom. The van der Waals surface area contributed by atoms with Crippen molar-refractivity contribution >= 4 is 14.5 Å². The van der Waals surface area contributed by atoms with Gasteiger partial charge >= 0.3 is 0 Å². The van der Waals surface area contributed by atoms with Crippen LogP contribution in [0.25, 0.3) is 10.9 Å². The van der Waals surface area contributed by atoms with Crippen molar-refractivity contribution in [2.45, 2.75) is 13.8 Å². The molecule has 80 valence electrons. The Bertz CT molecular complexity index is 518. The molecule has 0 fully saturated rings. The molecule has 1 aromatic heterocycles. The van der Waals surface area contributed by atoms with Crippen molar-refractivity contribution in [2.75, 3.05) is 0 Å². The molecule has 2 rings (SSSR count). The third-order valence-electron chi connectivity index (χ3n) is 2.72. The van der Waals surface area contributed by atoms with Crippen LogP contribution in [-0.2, 0) is 0 Å². The first kappa shape index (κ1) is 11.0. The van der Waals surface area contributed by atoms with E-state index < -0.39 is 0 Å². The zero-order valence-electron chi connectivity index (χ0n) is 9.40. The minimum atomic E-state index is 0.835. The summed E-state index contributed by atoms with van der Waals surface area (Å²) < 4.78 is 0. The fourth-order valence-electron chi connectivity index (χ4n) is 1.70. The molecule has 0 bridgehead atoms. The molecule has 0 unspecified atom stereocenters. The van der Waals surface area contributed by atoms with Crippen LogP contribution in [0.2, 0.25) is 0 Å². The fraction of sp³-hybridized carbons (Fsp3) is 0.143. The molecule has 0 radical (unpaired) electrons. The average Bonchev–Trinajstić information content (AvgIpc) is 2.33. The second kappa shape index (κ2) is 4.59. The lowest BCUT2D eigenvalue weighted by Gasteiger charge is -2.09. The predicted molar refractivity (Wildman–Crippen MR) is 69.3 cm³/mol. The molecule has 0 amide bonds. The number of aryl methyl sites for hydroxylation is 1.